The third kappa shape index (κ3) is 5.81. The maximum atomic E-state index is 13.0. The van der Waals surface area contributed by atoms with Crippen molar-refractivity contribution < 1.29 is 14.3 Å². The number of carbonyl (C=O) groups is 2. The summed E-state index contributed by atoms with van der Waals surface area (Å²) < 4.78 is 5.73. The Morgan fingerprint density at radius 1 is 1.12 bits per heavy atom. The van der Waals surface area contributed by atoms with Gasteiger partial charge in [0.25, 0.3) is 5.91 Å². The molecule has 184 valence electrons. The highest BCUT2D eigenvalue weighted by Gasteiger charge is 2.30. The third-order valence-corrected chi connectivity index (χ3v) is 7.26. The van der Waals surface area contributed by atoms with Crippen LogP contribution in [-0.4, -0.2) is 72.3 Å². The van der Waals surface area contributed by atoms with E-state index in [1.807, 2.05) is 36.9 Å². The van der Waals surface area contributed by atoms with Crippen LogP contribution in [0.2, 0.25) is 5.02 Å². The van der Waals surface area contributed by atoms with Gasteiger partial charge in [-0.05, 0) is 69.6 Å². The van der Waals surface area contributed by atoms with Crippen LogP contribution in [0.15, 0.2) is 40.5 Å². The van der Waals surface area contributed by atoms with Crippen LogP contribution < -0.4 is 5.73 Å². The number of ether oxygens (including phenoxy) is 1. The van der Waals surface area contributed by atoms with Crippen molar-refractivity contribution >= 4 is 29.1 Å². The van der Waals surface area contributed by atoms with Gasteiger partial charge in [0.1, 0.15) is 12.2 Å². The van der Waals surface area contributed by atoms with Gasteiger partial charge in [0.2, 0.25) is 5.91 Å². The monoisotopic (exact) mass is 486 g/mol. The number of allylic oxidation sites excluding steroid dienone is 1. The van der Waals surface area contributed by atoms with Crippen LogP contribution in [0, 0.1) is 0 Å². The van der Waals surface area contributed by atoms with Crippen molar-refractivity contribution in [1.29, 1.82) is 0 Å². The van der Waals surface area contributed by atoms with Crippen LogP contribution in [0.25, 0.3) is 0 Å². The molecule has 0 spiro atoms. The highest BCUT2D eigenvalue weighted by Crippen LogP contribution is 2.30. The Hall–Kier alpha value is -2.38. The van der Waals surface area contributed by atoms with E-state index >= 15 is 0 Å². The van der Waals surface area contributed by atoms with Crippen molar-refractivity contribution in [2.75, 3.05) is 32.7 Å². The first kappa shape index (κ1) is 24.7. The minimum absolute atomic E-state index is 0.0112. The minimum Gasteiger partial charge on any atom is -0.394 e. The number of halogens is 1. The second-order valence-corrected chi connectivity index (χ2v) is 10.1. The highest BCUT2D eigenvalue weighted by atomic mass is 35.5. The molecule has 7 nitrogen and oxygen atoms in total. The molecule has 1 aromatic rings. The number of morpholine rings is 1. The van der Waals surface area contributed by atoms with Crippen LogP contribution in [0.3, 0.4) is 0 Å². The van der Waals surface area contributed by atoms with Gasteiger partial charge in [0.05, 0.1) is 12.2 Å². The maximum Gasteiger partial charge on any atom is 0.270 e. The number of aliphatic imine (C=N–C) groups is 1. The molecule has 3 aliphatic rings. The second-order valence-electron chi connectivity index (χ2n) is 9.69. The van der Waals surface area contributed by atoms with Gasteiger partial charge in [-0.15, -0.1) is 0 Å². The summed E-state index contributed by atoms with van der Waals surface area (Å²) in [5.74, 6) is 0.305. The SMILES string of the molecule is C[C@@H]1CN(C(=O)/C(N)=C2\CCCC2=NCC(=O)N2CCC(c3cccc(Cl)c3)CC2)C[C@H](C)O1. The first-order chi connectivity index (χ1) is 16.3. The topological polar surface area (TPSA) is 88.2 Å². The second kappa shape index (κ2) is 10.9. The van der Waals surface area contributed by atoms with Crippen molar-refractivity contribution in [2.24, 2.45) is 10.7 Å². The van der Waals surface area contributed by atoms with Gasteiger partial charge in [0.15, 0.2) is 0 Å². The van der Waals surface area contributed by atoms with E-state index in [0.29, 0.717) is 19.0 Å². The van der Waals surface area contributed by atoms with E-state index in [9.17, 15) is 9.59 Å². The number of carbonyl (C=O) groups excluding carboxylic acids is 2. The summed E-state index contributed by atoms with van der Waals surface area (Å²) in [6.45, 7) is 6.54. The zero-order valence-corrected chi connectivity index (χ0v) is 20.9. The lowest BCUT2D eigenvalue weighted by atomic mass is 9.89. The van der Waals surface area contributed by atoms with Crippen molar-refractivity contribution in [3.8, 4) is 0 Å². The lowest BCUT2D eigenvalue weighted by molar-refractivity contribution is -0.139. The third-order valence-electron chi connectivity index (χ3n) is 7.02. The van der Waals surface area contributed by atoms with Gasteiger partial charge in [-0.3, -0.25) is 14.6 Å². The average Bonchev–Trinajstić information content (AvgIpc) is 3.29. The zero-order chi connectivity index (χ0) is 24.2. The van der Waals surface area contributed by atoms with E-state index in [0.717, 1.165) is 61.5 Å². The molecule has 0 unspecified atom stereocenters. The normalized spacial score (nSPS) is 26.7. The number of likely N-dealkylation sites (tertiary alicyclic amines) is 1. The predicted molar refractivity (Wildman–Crippen MR) is 134 cm³/mol. The summed E-state index contributed by atoms with van der Waals surface area (Å²) in [6, 6.07) is 8.00. The molecule has 0 aromatic heterocycles. The summed E-state index contributed by atoms with van der Waals surface area (Å²) in [5.41, 5.74) is 9.46. The summed E-state index contributed by atoms with van der Waals surface area (Å²) in [6.07, 6.45) is 4.20. The van der Waals surface area contributed by atoms with E-state index in [4.69, 9.17) is 22.1 Å². The number of piperidine rings is 1. The van der Waals surface area contributed by atoms with E-state index in [-0.39, 0.29) is 36.3 Å². The van der Waals surface area contributed by atoms with Crippen LogP contribution in [0.4, 0.5) is 0 Å². The van der Waals surface area contributed by atoms with Crippen molar-refractivity contribution in [1.82, 2.24) is 9.80 Å². The van der Waals surface area contributed by atoms with Crippen molar-refractivity contribution in [3.05, 3.63) is 46.1 Å². The molecule has 8 heteroatoms. The lowest BCUT2D eigenvalue weighted by Crippen LogP contribution is -2.49. The molecular weight excluding hydrogens is 452 g/mol. The zero-order valence-electron chi connectivity index (χ0n) is 20.1. The lowest BCUT2D eigenvalue weighted by Gasteiger charge is -2.35. The number of nitrogens with zero attached hydrogens (tertiary/aromatic N) is 3. The van der Waals surface area contributed by atoms with Gasteiger partial charge in [-0.1, -0.05) is 23.7 Å². The number of benzene rings is 1. The Morgan fingerprint density at radius 3 is 2.50 bits per heavy atom. The van der Waals surface area contributed by atoms with Gasteiger partial charge in [-0.2, -0.15) is 0 Å². The Labute approximate surface area is 207 Å². The van der Waals surface area contributed by atoms with Gasteiger partial charge in [-0.25, -0.2) is 0 Å². The van der Waals surface area contributed by atoms with Crippen LogP contribution in [-0.2, 0) is 14.3 Å². The van der Waals surface area contributed by atoms with Crippen LogP contribution >= 0.6 is 11.6 Å². The Kier molecular flexibility index (Phi) is 7.94. The summed E-state index contributed by atoms with van der Waals surface area (Å²) in [5, 5.41) is 0.752. The molecule has 2 saturated heterocycles. The molecule has 2 N–H and O–H groups in total. The fraction of sp³-hybridized carbons (Fsp3) is 0.577. The standard InChI is InChI=1S/C26H35ClN4O3/c1-17-15-31(16-18(2)34-17)26(33)25(28)22-7-4-8-23(22)29-14-24(32)30-11-9-19(10-12-30)20-5-3-6-21(27)13-20/h3,5-6,13,17-19H,4,7-12,14-16,28H2,1-2H3/b25-22-,29-23?/t17-,18+. The first-order valence-electron chi connectivity index (χ1n) is 12.3. The summed E-state index contributed by atoms with van der Waals surface area (Å²) in [4.78, 5) is 34.2. The number of amides is 2. The quantitative estimate of drug-likeness (QED) is 0.659. The molecule has 1 aromatic carbocycles. The molecule has 1 saturated carbocycles. The Balaban J connectivity index is 1.35. The smallest absolute Gasteiger partial charge is 0.270 e. The number of hydrogen-bond donors (Lipinski definition) is 1. The fourth-order valence-electron chi connectivity index (χ4n) is 5.32. The molecule has 0 bridgehead atoms. The van der Waals surface area contributed by atoms with Crippen molar-refractivity contribution in [2.45, 2.75) is 64.1 Å². The van der Waals surface area contributed by atoms with Crippen molar-refractivity contribution in [3.63, 3.8) is 0 Å². The Morgan fingerprint density at radius 2 is 1.82 bits per heavy atom. The number of rotatable bonds is 4. The fourth-order valence-corrected chi connectivity index (χ4v) is 5.52. The number of hydrogen-bond acceptors (Lipinski definition) is 5. The maximum absolute atomic E-state index is 13.0. The molecule has 3 fully saturated rings. The Bertz CT molecular complexity index is 974. The van der Waals surface area contributed by atoms with E-state index in [1.165, 1.54) is 5.56 Å². The first-order valence-corrected chi connectivity index (χ1v) is 12.7. The molecule has 2 amide bonds. The largest absolute Gasteiger partial charge is 0.394 e. The molecule has 1 aliphatic carbocycles. The van der Waals surface area contributed by atoms with Gasteiger partial charge in [0, 0.05) is 42.5 Å². The molecule has 34 heavy (non-hydrogen) atoms. The van der Waals surface area contributed by atoms with Gasteiger partial charge >= 0.3 is 0 Å². The highest BCUT2D eigenvalue weighted by molar-refractivity contribution is 6.30. The molecule has 2 aliphatic heterocycles. The van der Waals surface area contributed by atoms with Crippen LogP contribution in [0.1, 0.15) is 57.4 Å². The van der Waals surface area contributed by atoms with E-state index < -0.39 is 0 Å². The molecule has 0 radical (unpaired) electrons. The molecule has 2 heterocycles. The number of nitrogens with two attached hydrogens (primary N) is 1. The average molecular weight is 487 g/mol. The summed E-state index contributed by atoms with van der Waals surface area (Å²) >= 11 is 6.14. The van der Waals surface area contributed by atoms with E-state index in [1.54, 1.807) is 4.90 Å². The van der Waals surface area contributed by atoms with Crippen LogP contribution in [0.5, 0.6) is 0 Å². The molecule has 4 rings (SSSR count). The van der Waals surface area contributed by atoms with E-state index in [2.05, 4.69) is 11.1 Å². The minimum atomic E-state index is -0.152. The van der Waals surface area contributed by atoms with Gasteiger partial charge < -0.3 is 20.3 Å². The molecular formula is C26H35ClN4O3. The molecule has 2 atom stereocenters. The summed E-state index contributed by atoms with van der Waals surface area (Å²) in [7, 11) is 0. The predicted octanol–water partition coefficient (Wildman–Crippen LogP) is 3.52.